The van der Waals surface area contributed by atoms with Gasteiger partial charge in [0.25, 0.3) is 0 Å². The monoisotopic (exact) mass is 185 g/mol. The van der Waals surface area contributed by atoms with E-state index in [1.165, 1.54) is 0 Å². The molecule has 0 spiro atoms. The Bertz CT molecular complexity index is 452. The Morgan fingerprint density at radius 2 is 1.86 bits per heavy atom. The van der Waals surface area contributed by atoms with Crippen molar-refractivity contribution in [1.29, 1.82) is 0 Å². The standard InChI is InChI=1S/C11H11N3/c1-8-4-3-6-12-10(8)11-13-7-5-9(2)14-11/h3-7H,1-2H3. The molecule has 2 aromatic rings. The minimum atomic E-state index is 0.697. The van der Waals surface area contributed by atoms with Crippen LogP contribution in [0.3, 0.4) is 0 Å². The summed E-state index contributed by atoms with van der Waals surface area (Å²) < 4.78 is 0. The van der Waals surface area contributed by atoms with E-state index in [2.05, 4.69) is 15.0 Å². The van der Waals surface area contributed by atoms with Crippen LogP contribution in [-0.2, 0) is 0 Å². The molecule has 3 nitrogen and oxygen atoms in total. The number of hydrogen-bond acceptors (Lipinski definition) is 3. The van der Waals surface area contributed by atoms with Crippen molar-refractivity contribution in [2.75, 3.05) is 0 Å². The lowest BCUT2D eigenvalue weighted by atomic mass is 10.2. The zero-order valence-corrected chi connectivity index (χ0v) is 8.23. The Labute approximate surface area is 82.9 Å². The largest absolute Gasteiger partial charge is 0.253 e. The number of nitrogens with zero attached hydrogens (tertiary/aromatic N) is 3. The maximum absolute atomic E-state index is 4.33. The molecule has 0 bridgehead atoms. The Balaban J connectivity index is 2.55. The van der Waals surface area contributed by atoms with Crippen LogP contribution in [0.1, 0.15) is 11.3 Å². The van der Waals surface area contributed by atoms with Crippen LogP contribution in [0.2, 0.25) is 0 Å². The molecule has 3 heteroatoms. The molecule has 0 unspecified atom stereocenters. The SMILES string of the molecule is Cc1ccnc(-c2ncccc2C)n1. The smallest absolute Gasteiger partial charge is 0.178 e. The van der Waals surface area contributed by atoms with Crippen molar-refractivity contribution in [3.8, 4) is 11.5 Å². The molecule has 0 saturated heterocycles. The topological polar surface area (TPSA) is 38.7 Å². The van der Waals surface area contributed by atoms with Crippen LogP contribution < -0.4 is 0 Å². The van der Waals surface area contributed by atoms with Crippen LogP contribution >= 0.6 is 0 Å². The van der Waals surface area contributed by atoms with Gasteiger partial charge in [-0.1, -0.05) is 6.07 Å². The van der Waals surface area contributed by atoms with Gasteiger partial charge in [0, 0.05) is 18.1 Å². The van der Waals surface area contributed by atoms with Gasteiger partial charge >= 0.3 is 0 Å². The lowest BCUT2D eigenvalue weighted by Crippen LogP contribution is -1.94. The predicted octanol–water partition coefficient (Wildman–Crippen LogP) is 2.16. The highest BCUT2D eigenvalue weighted by molar-refractivity contribution is 5.53. The van der Waals surface area contributed by atoms with E-state index in [9.17, 15) is 0 Å². The molecule has 0 aliphatic heterocycles. The molecule has 14 heavy (non-hydrogen) atoms. The molecule has 0 aromatic carbocycles. The van der Waals surface area contributed by atoms with E-state index >= 15 is 0 Å². The normalized spacial score (nSPS) is 10.1. The van der Waals surface area contributed by atoms with E-state index in [-0.39, 0.29) is 0 Å². The van der Waals surface area contributed by atoms with Gasteiger partial charge in [-0.2, -0.15) is 0 Å². The highest BCUT2D eigenvalue weighted by atomic mass is 14.9. The van der Waals surface area contributed by atoms with E-state index in [4.69, 9.17) is 0 Å². The van der Waals surface area contributed by atoms with Crippen LogP contribution in [0, 0.1) is 13.8 Å². The molecule has 70 valence electrons. The van der Waals surface area contributed by atoms with Crippen molar-refractivity contribution >= 4 is 0 Å². The summed E-state index contributed by atoms with van der Waals surface area (Å²) >= 11 is 0. The summed E-state index contributed by atoms with van der Waals surface area (Å²) in [6.45, 7) is 3.96. The van der Waals surface area contributed by atoms with Crippen LogP contribution in [0.4, 0.5) is 0 Å². The average Bonchev–Trinajstić information content (AvgIpc) is 2.18. The highest BCUT2D eigenvalue weighted by Gasteiger charge is 2.04. The fourth-order valence-corrected chi connectivity index (χ4v) is 1.28. The highest BCUT2D eigenvalue weighted by Crippen LogP contribution is 2.15. The molecule has 0 radical (unpaired) electrons. The maximum Gasteiger partial charge on any atom is 0.178 e. The van der Waals surface area contributed by atoms with E-state index in [1.54, 1.807) is 12.4 Å². The van der Waals surface area contributed by atoms with Crippen molar-refractivity contribution in [1.82, 2.24) is 15.0 Å². The summed E-state index contributed by atoms with van der Waals surface area (Å²) in [4.78, 5) is 12.8. The van der Waals surface area contributed by atoms with Crippen molar-refractivity contribution in [3.63, 3.8) is 0 Å². The second kappa shape index (κ2) is 3.54. The van der Waals surface area contributed by atoms with Crippen LogP contribution in [0.15, 0.2) is 30.6 Å². The Morgan fingerprint density at radius 3 is 2.57 bits per heavy atom. The Kier molecular flexibility index (Phi) is 2.23. The zero-order valence-electron chi connectivity index (χ0n) is 8.23. The second-order valence-electron chi connectivity index (χ2n) is 3.19. The Hall–Kier alpha value is -1.77. The third-order valence-electron chi connectivity index (χ3n) is 2.02. The number of aromatic nitrogens is 3. The maximum atomic E-state index is 4.33. The van der Waals surface area contributed by atoms with Gasteiger partial charge in [0.15, 0.2) is 5.82 Å². The summed E-state index contributed by atoms with van der Waals surface area (Å²) in [6, 6.07) is 5.80. The number of aryl methyl sites for hydroxylation is 2. The molecule has 0 fully saturated rings. The second-order valence-corrected chi connectivity index (χ2v) is 3.19. The van der Waals surface area contributed by atoms with Gasteiger partial charge in [-0.05, 0) is 31.5 Å². The summed E-state index contributed by atoms with van der Waals surface area (Å²) in [7, 11) is 0. The third-order valence-corrected chi connectivity index (χ3v) is 2.02. The van der Waals surface area contributed by atoms with Gasteiger partial charge in [0.2, 0.25) is 0 Å². The van der Waals surface area contributed by atoms with E-state index < -0.39 is 0 Å². The molecular weight excluding hydrogens is 174 g/mol. The Morgan fingerprint density at radius 1 is 1.00 bits per heavy atom. The molecule has 0 N–H and O–H groups in total. The van der Waals surface area contributed by atoms with Gasteiger partial charge in [-0.3, -0.25) is 4.98 Å². The number of hydrogen-bond donors (Lipinski definition) is 0. The average molecular weight is 185 g/mol. The van der Waals surface area contributed by atoms with Crippen LogP contribution in [0.25, 0.3) is 11.5 Å². The van der Waals surface area contributed by atoms with E-state index in [0.29, 0.717) is 5.82 Å². The van der Waals surface area contributed by atoms with Crippen molar-refractivity contribution in [2.45, 2.75) is 13.8 Å². The minimum absolute atomic E-state index is 0.697. The first-order chi connectivity index (χ1) is 6.77. The van der Waals surface area contributed by atoms with E-state index in [1.807, 2.05) is 32.0 Å². The molecule has 0 amide bonds. The van der Waals surface area contributed by atoms with Gasteiger partial charge in [-0.15, -0.1) is 0 Å². The zero-order chi connectivity index (χ0) is 9.97. The summed E-state index contributed by atoms with van der Waals surface area (Å²) in [5, 5.41) is 0. The molecule has 0 aliphatic rings. The molecule has 2 aromatic heterocycles. The number of rotatable bonds is 1. The molecule has 0 atom stereocenters. The minimum Gasteiger partial charge on any atom is -0.253 e. The number of pyridine rings is 1. The molecule has 2 heterocycles. The van der Waals surface area contributed by atoms with Crippen molar-refractivity contribution < 1.29 is 0 Å². The predicted molar refractivity (Wildman–Crippen MR) is 54.7 cm³/mol. The van der Waals surface area contributed by atoms with Crippen molar-refractivity contribution in [2.24, 2.45) is 0 Å². The quantitative estimate of drug-likeness (QED) is 0.683. The van der Waals surface area contributed by atoms with Gasteiger partial charge in [0.1, 0.15) is 5.69 Å². The summed E-state index contributed by atoms with van der Waals surface area (Å²) in [5.74, 6) is 0.697. The summed E-state index contributed by atoms with van der Waals surface area (Å²) in [6.07, 6.45) is 3.51. The first kappa shape index (κ1) is 8.81. The fraction of sp³-hybridized carbons (Fsp3) is 0.182. The lowest BCUT2D eigenvalue weighted by Gasteiger charge is -2.02. The van der Waals surface area contributed by atoms with Gasteiger partial charge in [0.05, 0.1) is 0 Å². The van der Waals surface area contributed by atoms with Crippen LogP contribution in [-0.4, -0.2) is 15.0 Å². The first-order valence-electron chi connectivity index (χ1n) is 4.49. The molecule has 2 rings (SSSR count). The summed E-state index contributed by atoms with van der Waals surface area (Å²) in [5.41, 5.74) is 2.91. The lowest BCUT2D eigenvalue weighted by molar-refractivity contribution is 1.08. The third kappa shape index (κ3) is 1.62. The van der Waals surface area contributed by atoms with Gasteiger partial charge in [-0.25, -0.2) is 9.97 Å². The van der Waals surface area contributed by atoms with E-state index in [0.717, 1.165) is 17.0 Å². The molecule has 0 aliphatic carbocycles. The van der Waals surface area contributed by atoms with Crippen LogP contribution in [0.5, 0.6) is 0 Å². The molecule has 0 saturated carbocycles. The first-order valence-corrected chi connectivity index (χ1v) is 4.49. The van der Waals surface area contributed by atoms with Gasteiger partial charge < -0.3 is 0 Å². The molecular formula is C11H11N3. The van der Waals surface area contributed by atoms with Crippen molar-refractivity contribution in [3.05, 3.63) is 41.9 Å². The fourth-order valence-electron chi connectivity index (χ4n) is 1.28.